The molecule has 0 radical (unpaired) electrons. The van der Waals surface area contributed by atoms with Crippen molar-refractivity contribution < 1.29 is 4.79 Å². The first-order valence-electron chi connectivity index (χ1n) is 8.83. The predicted octanol–water partition coefficient (Wildman–Crippen LogP) is 2.88. The number of carbonyl (C=O) groups is 1. The van der Waals surface area contributed by atoms with Gasteiger partial charge in [0, 0.05) is 43.6 Å². The van der Waals surface area contributed by atoms with Crippen LogP contribution < -0.4 is 5.32 Å². The average Bonchev–Trinajstić information content (AvgIpc) is 3.20. The minimum Gasteiger partial charge on any atom is -0.350 e. The van der Waals surface area contributed by atoms with Crippen LogP contribution in [0.5, 0.6) is 0 Å². The first-order chi connectivity index (χ1) is 12.1. The monoisotopic (exact) mass is 339 g/mol. The van der Waals surface area contributed by atoms with Crippen LogP contribution in [0.25, 0.3) is 11.0 Å². The molecule has 0 saturated heterocycles. The normalized spacial score (nSPS) is 11.4. The van der Waals surface area contributed by atoms with Gasteiger partial charge in [0.2, 0.25) is 0 Å². The van der Waals surface area contributed by atoms with E-state index in [1.54, 1.807) is 16.9 Å². The lowest BCUT2D eigenvalue weighted by Gasteiger charge is -2.07. The van der Waals surface area contributed by atoms with E-state index in [1.807, 2.05) is 19.2 Å². The number of aryl methyl sites for hydroxylation is 1. The molecule has 0 atom stereocenters. The van der Waals surface area contributed by atoms with Crippen molar-refractivity contribution in [1.29, 1.82) is 0 Å². The zero-order valence-electron chi connectivity index (χ0n) is 15.1. The van der Waals surface area contributed by atoms with Crippen molar-refractivity contribution in [3.63, 3.8) is 0 Å². The van der Waals surface area contributed by atoms with Crippen LogP contribution in [-0.4, -0.2) is 31.8 Å². The highest BCUT2D eigenvalue weighted by Crippen LogP contribution is 2.20. The molecule has 0 aliphatic rings. The highest BCUT2D eigenvalue weighted by Gasteiger charge is 2.13. The number of aromatic nitrogens is 4. The van der Waals surface area contributed by atoms with Crippen molar-refractivity contribution in [2.24, 2.45) is 5.92 Å². The summed E-state index contributed by atoms with van der Waals surface area (Å²) in [7, 11) is 0. The summed E-state index contributed by atoms with van der Waals surface area (Å²) in [4.78, 5) is 16.8. The Morgan fingerprint density at radius 3 is 2.88 bits per heavy atom. The fraction of sp³-hybridized carbons (Fsp3) is 0.421. The van der Waals surface area contributed by atoms with Gasteiger partial charge in [0.1, 0.15) is 11.3 Å². The van der Waals surface area contributed by atoms with E-state index in [-0.39, 0.29) is 5.91 Å². The maximum atomic E-state index is 12.3. The van der Waals surface area contributed by atoms with Crippen LogP contribution in [0.2, 0.25) is 0 Å². The molecule has 3 aromatic rings. The van der Waals surface area contributed by atoms with Gasteiger partial charge in [-0.15, -0.1) is 0 Å². The summed E-state index contributed by atoms with van der Waals surface area (Å²) in [6.45, 7) is 8.58. The maximum Gasteiger partial charge on any atom is 0.269 e. The second-order valence-electron chi connectivity index (χ2n) is 6.61. The maximum absolute atomic E-state index is 12.3. The van der Waals surface area contributed by atoms with Crippen molar-refractivity contribution in [2.75, 3.05) is 6.54 Å². The van der Waals surface area contributed by atoms with Gasteiger partial charge in [-0.2, -0.15) is 5.10 Å². The largest absolute Gasteiger partial charge is 0.350 e. The lowest BCUT2D eigenvalue weighted by Crippen LogP contribution is -2.28. The highest BCUT2D eigenvalue weighted by molar-refractivity contribution is 5.92. The summed E-state index contributed by atoms with van der Waals surface area (Å²) in [5.41, 5.74) is 2.83. The number of nitrogens with one attached hydrogen (secondary N) is 1. The Labute approximate surface area is 147 Å². The van der Waals surface area contributed by atoms with E-state index < -0.39 is 0 Å². The molecule has 0 aliphatic carbocycles. The van der Waals surface area contributed by atoms with Crippen LogP contribution in [0.15, 0.2) is 36.8 Å². The van der Waals surface area contributed by atoms with Crippen molar-refractivity contribution in [3.8, 4) is 0 Å². The van der Waals surface area contributed by atoms with Crippen LogP contribution in [0.4, 0.5) is 0 Å². The molecule has 0 unspecified atom stereocenters. The molecule has 1 amide bonds. The van der Waals surface area contributed by atoms with Gasteiger partial charge < -0.3 is 9.88 Å². The van der Waals surface area contributed by atoms with E-state index in [1.165, 1.54) is 5.56 Å². The summed E-state index contributed by atoms with van der Waals surface area (Å²) in [6.07, 6.45) is 6.43. The molecular formula is C19H25N5O. The standard InChI is InChI=1S/C19H25N5O/c1-4-24-17(8-11-22-24)19(25)21-10-7-15-13-23(12-14(2)3)18-16(15)6-5-9-20-18/h5-6,8-9,11,13-14H,4,7,10,12H2,1-3H3,(H,21,25). The van der Waals surface area contributed by atoms with Crippen molar-refractivity contribution in [1.82, 2.24) is 24.6 Å². The van der Waals surface area contributed by atoms with Gasteiger partial charge in [-0.3, -0.25) is 9.48 Å². The van der Waals surface area contributed by atoms with Gasteiger partial charge in [0.15, 0.2) is 0 Å². The minimum atomic E-state index is -0.0802. The number of pyridine rings is 1. The van der Waals surface area contributed by atoms with Gasteiger partial charge in [-0.25, -0.2) is 4.98 Å². The molecule has 132 valence electrons. The predicted molar refractivity (Wildman–Crippen MR) is 98.5 cm³/mol. The van der Waals surface area contributed by atoms with E-state index >= 15 is 0 Å². The lowest BCUT2D eigenvalue weighted by atomic mass is 10.1. The summed E-state index contributed by atoms with van der Waals surface area (Å²) in [5.74, 6) is 0.475. The fourth-order valence-electron chi connectivity index (χ4n) is 3.11. The molecule has 3 aromatic heterocycles. The molecule has 3 heterocycles. The summed E-state index contributed by atoms with van der Waals surface area (Å²) >= 11 is 0. The smallest absolute Gasteiger partial charge is 0.269 e. The molecule has 3 rings (SSSR count). The molecule has 6 heteroatoms. The zero-order valence-corrected chi connectivity index (χ0v) is 15.1. The molecule has 6 nitrogen and oxygen atoms in total. The highest BCUT2D eigenvalue weighted by atomic mass is 16.2. The Balaban J connectivity index is 1.70. The third-order valence-electron chi connectivity index (χ3n) is 4.21. The first-order valence-corrected chi connectivity index (χ1v) is 8.83. The fourth-order valence-corrected chi connectivity index (χ4v) is 3.11. The Bertz CT molecular complexity index is 862. The van der Waals surface area contributed by atoms with E-state index in [0.717, 1.165) is 24.0 Å². The molecule has 0 bridgehead atoms. The second kappa shape index (κ2) is 7.51. The quantitative estimate of drug-likeness (QED) is 0.720. The Morgan fingerprint density at radius 2 is 2.12 bits per heavy atom. The Morgan fingerprint density at radius 1 is 1.28 bits per heavy atom. The molecule has 0 saturated carbocycles. The number of rotatable bonds is 7. The van der Waals surface area contributed by atoms with Gasteiger partial charge in [-0.1, -0.05) is 13.8 Å². The van der Waals surface area contributed by atoms with Crippen LogP contribution >= 0.6 is 0 Å². The van der Waals surface area contributed by atoms with Crippen molar-refractivity contribution >= 4 is 16.9 Å². The third kappa shape index (κ3) is 3.73. The number of hydrogen-bond acceptors (Lipinski definition) is 3. The molecular weight excluding hydrogens is 314 g/mol. The van der Waals surface area contributed by atoms with Gasteiger partial charge >= 0.3 is 0 Å². The van der Waals surface area contributed by atoms with Crippen LogP contribution in [0.3, 0.4) is 0 Å². The summed E-state index contributed by atoms with van der Waals surface area (Å²) < 4.78 is 3.91. The van der Waals surface area contributed by atoms with Crippen LogP contribution in [-0.2, 0) is 19.5 Å². The number of nitrogens with zero attached hydrogens (tertiary/aromatic N) is 4. The molecule has 0 aromatic carbocycles. The number of hydrogen-bond donors (Lipinski definition) is 1. The van der Waals surface area contributed by atoms with E-state index in [9.17, 15) is 4.79 Å². The SMILES string of the molecule is CCn1nccc1C(=O)NCCc1cn(CC(C)C)c2ncccc12. The molecule has 0 fully saturated rings. The van der Waals surface area contributed by atoms with E-state index in [0.29, 0.717) is 24.7 Å². The summed E-state index contributed by atoms with van der Waals surface area (Å²) in [6, 6.07) is 5.81. The topological polar surface area (TPSA) is 64.7 Å². The van der Waals surface area contributed by atoms with Crippen molar-refractivity contribution in [3.05, 3.63) is 48.0 Å². The molecule has 0 spiro atoms. The van der Waals surface area contributed by atoms with Crippen molar-refractivity contribution in [2.45, 2.75) is 40.3 Å². The third-order valence-corrected chi connectivity index (χ3v) is 4.21. The average molecular weight is 339 g/mol. The number of carbonyl (C=O) groups excluding carboxylic acids is 1. The molecule has 25 heavy (non-hydrogen) atoms. The Kier molecular flexibility index (Phi) is 5.16. The first kappa shape index (κ1) is 17.2. The zero-order chi connectivity index (χ0) is 17.8. The lowest BCUT2D eigenvalue weighted by molar-refractivity contribution is 0.0943. The second-order valence-corrected chi connectivity index (χ2v) is 6.61. The summed E-state index contributed by atoms with van der Waals surface area (Å²) in [5, 5.41) is 8.29. The number of amides is 1. The Hall–Kier alpha value is -2.63. The van der Waals surface area contributed by atoms with Crippen LogP contribution in [0, 0.1) is 5.92 Å². The number of fused-ring (bicyclic) bond motifs is 1. The van der Waals surface area contributed by atoms with Gasteiger partial charge in [0.25, 0.3) is 5.91 Å². The minimum absolute atomic E-state index is 0.0802. The molecule has 0 aliphatic heterocycles. The van der Waals surface area contributed by atoms with E-state index in [4.69, 9.17) is 0 Å². The van der Waals surface area contributed by atoms with E-state index in [2.05, 4.69) is 46.1 Å². The van der Waals surface area contributed by atoms with Crippen LogP contribution in [0.1, 0.15) is 36.8 Å². The molecule has 1 N–H and O–H groups in total. The van der Waals surface area contributed by atoms with Gasteiger partial charge in [0.05, 0.1) is 0 Å². The van der Waals surface area contributed by atoms with Gasteiger partial charge in [-0.05, 0) is 43.0 Å².